The summed E-state index contributed by atoms with van der Waals surface area (Å²) in [6.07, 6.45) is 5.03. The number of nitro benzene ring substituents is 1. The Hall–Kier alpha value is -3.22. The molecule has 2 heterocycles. The van der Waals surface area contributed by atoms with Crippen molar-refractivity contribution in [2.24, 2.45) is 0 Å². The summed E-state index contributed by atoms with van der Waals surface area (Å²) < 4.78 is 1.65. The van der Waals surface area contributed by atoms with E-state index < -0.39 is 4.92 Å². The molecule has 21 heavy (non-hydrogen) atoms. The van der Waals surface area contributed by atoms with Crippen LogP contribution in [0.4, 0.5) is 11.4 Å². The van der Waals surface area contributed by atoms with Gasteiger partial charge in [0.2, 0.25) is 0 Å². The highest BCUT2D eigenvalue weighted by molar-refractivity contribution is 5.73. The number of aromatic nitrogens is 3. The van der Waals surface area contributed by atoms with Crippen molar-refractivity contribution in [3.63, 3.8) is 0 Å². The average molecular weight is 281 g/mol. The first-order valence-corrected chi connectivity index (χ1v) is 6.15. The van der Waals surface area contributed by atoms with E-state index in [-0.39, 0.29) is 5.69 Å². The Bertz CT molecular complexity index is 781. The number of hydrogen-bond acceptors (Lipinski definition) is 5. The van der Waals surface area contributed by atoms with E-state index in [4.69, 9.17) is 5.73 Å². The second-order valence-electron chi connectivity index (χ2n) is 4.39. The monoisotopic (exact) mass is 281 g/mol. The largest absolute Gasteiger partial charge is 0.396 e. The van der Waals surface area contributed by atoms with Crippen LogP contribution in [0.15, 0.2) is 55.0 Å². The molecule has 0 radical (unpaired) electrons. The van der Waals surface area contributed by atoms with Crippen molar-refractivity contribution in [1.82, 2.24) is 14.8 Å². The van der Waals surface area contributed by atoms with Gasteiger partial charge in [-0.3, -0.25) is 15.1 Å². The van der Waals surface area contributed by atoms with Crippen LogP contribution in [0, 0.1) is 10.1 Å². The predicted molar refractivity (Wildman–Crippen MR) is 77.9 cm³/mol. The molecule has 0 aliphatic carbocycles. The molecule has 3 aromatic rings. The van der Waals surface area contributed by atoms with E-state index in [1.165, 1.54) is 12.1 Å². The van der Waals surface area contributed by atoms with Crippen LogP contribution in [0.2, 0.25) is 0 Å². The Kier molecular flexibility index (Phi) is 3.07. The second kappa shape index (κ2) is 5.04. The zero-order valence-corrected chi connectivity index (χ0v) is 10.9. The molecule has 0 aliphatic rings. The summed E-state index contributed by atoms with van der Waals surface area (Å²) in [4.78, 5) is 14.2. The first-order chi connectivity index (χ1) is 10.1. The lowest BCUT2D eigenvalue weighted by Crippen LogP contribution is -1.94. The van der Waals surface area contributed by atoms with E-state index in [1.807, 2.05) is 12.1 Å². The lowest BCUT2D eigenvalue weighted by Gasteiger charge is -2.00. The third kappa shape index (κ3) is 2.44. The minimum absolute atomic E-state index is 0.0332. The van der Waals surface area contributed by atoms with Crippen molar-refractivity contribution in [2.45, 2.75) is 0 Å². The number of nitrogen functional groups attached to an aromatic ring is 1. The molecule has 0 amide bonds. The van der Waals surface area contributed by atoms with Gasteiger partial charge in [0.25, 0.3) is 5.69 Å². The van der Waals surface area contributed by atoms with Gasteiger partial charge < -0.3 is 5.73 Å². The molecule has 0 saturated heterocycles. The zero-order chi connectivity index (χ0) is 14.8. The summed E-state index contributed by atoms with van der Waals surface area (Å²) in [5.41, 5.74) is 8.66. The maximum absolute atomic E-state index is 10.7. The third-order valence-electron chi connectivity index (χ3n) is 3.02. The molecular weight excluding hydrogens is 270 g/mol. The number of nitrogens with zero attached hydrogens (tertiary/aromatic N) is 4. The fourth-order valence-electron chi connectivity index (χ4n) is 1.98. The van der Waals surface area contributed by atoms with Gasteiger partial charge in [-0.05, 0) is 24.3 Å². The maximum Gasteiger partial charge on any atom is 0.269 e. The van der Waals surface area contributed by atoms with Crippen molar-refractivity contribution >= 4 is 11.4 Å². The number of nitro groups is 1. The number of rotatable bonds is 3. The molecule has 104 valence electrons. The average Bonchev–Trinajstić information content (AvgIpc) is 2.90. The Morgan fingerprint density at radius 1 is 1.10 bits per heavy atom. The van der Waals surface area contributed by atoms with Gasteiger partial charge in [0.05, 0.1) is 22.5 Å². The minimum atomic E-state index is -0.442. The number of hydrogen-bond donors (Lipinski definition) is 1. The molecule has 7 heteroatoms. The Morgan fingerprint density at radius 2 is 1.76 bits per heavy atom. The van der Waals surface area contributed by atoms with Crippen molar-refractivity contribution < 1.29 is 4.92 Å². The van der Waals surface area contributed by atoms with Crippen molar-refractivity contribution in [1.29, 1.82) is 0 Å². The molecule has 0 spiro atoms. The van der Waals surface area contributed by atoms with Gasteiger partial charge in [-0.1, -0.05) is 0 Å². The summed E-state index contributed by atoms with van der Waals surface area (Å²) in [6.45, 7) is 0. The molecule has 0 aliphatic heterocycles. The summed E-state index contributed by atoms with van der Waals surface area (Å²) in [5, 5.41) is 15.1. The van der Waals surface area contributed by atoms with Crippen LogP contribution in [0.5, 0.6) is 0 Å². The lowest BCUT2D eigenvalue weighted by atomic mass is 10.1. The topological polar surface area (TPSA) is 99.9 Å². The SMILES string of the molecule is Nc1cn(-c2ccncc2)nc1-c1ccc([N+](=O)[O-])cc1. The summed E-state index contributed by atoms with van der Waals surface area (Å²) in [7, 11) is 0. The Labute approximate surface area is 119 Å². The fraction of sp³-hybridized carbons (Fsp3) is 0. The van der Waals surface area contributed by atoms with E-state index in [1.54, 1.807) is 35.4 Å². The van der Waals surface area contributed by atoms with Crippen LogP contribution >= 0.6 is 0 Å². The van der Waals surface area contributed by atoms with Gasteiger partial charge in [-0.25, -0.2) is 4.68 Å². The van der Waals surface area contributed by atoms with Gasteiger partial charge in [0, 0.05) is 30.1 Å². The predicted octanol–water partition coefficient (Wildman–Crippen LogP) is 2.42. The van der Waals surface area contributed by atoms with Crippen LogP contribution in [-0.4, -0.2) is 19.7 Å². The van der Waals surface area contributed by atoms with Gasteiger partial charge in [-0.2, -0.15) is 5.10 Å². The van der Waals surface area contributed by atoms with Gasteiger partial charge in [-0.15, -0.1) is 0 Å². The zero-order valence-electron chi connectivity index (χ0n) is 10.9. The lowest BCUT2D eigenvalue weighted by molar-refractivity contribution is -0.384. The normalized spacial score (nSPS) is 10.5. The molecule has 0 unspecified atom stereocenters. The highest BCUT2D eigenvalue weighted by Gasteiger charge is 2.11. The van der Waals surface area contributed by atoms with Crippen molar-refractivity contribution in [3.05, 3.63) is 65.1 Å². The molecule has 1 aromatic carbocycles. The summed E-state index contributed by atoms with van der Waals surface area (Å²) in [5.74, 6) is 0. The number of non-ortho nitro benzene ring substituents is 1. The smallest absolute Gasteiger partial charge is 0.269 e. The first kappa shape index (κ1) is 12.8. The van der Waals surface area contributed by atoms with Crippen molar-refractivity contribution in [2.75, 3.05) is 5.73 Å². The highest BCUT2D eigenvalue weighted by Crippen LogP contribution is 2.26. The summed E-state index contributed by atoms with van der Waals surface area (Å²) in [6, 6.07) is 9.75. The molecule has 0 atom stereocenters. The Morgan fingerprint density at radius 3 is 2.38 bits per heavy atom. The molecule has 0 bridgehead atoms. The highest BCUT2D eigenvalue weighted by atomic mass is 16.6. The number of pyridine rings is 1. The van der Waals surface area contributed by atoms with Crippen molar-refractivity contribution in [3.8, 4) is 16.9 Å². The van der Waals surface area contributed by atoms with Crippen LogP contribution in [0.25, 0.3) is 16.9 Å². The molecule has 2 N–H and O–H groups in total. The van der Waals surface area contributed by atoms with Crippen LogP contribution < -0.4 is 5.73 Å². The number of anilines is 1. The van der Waals surface area contributed by atoms with E-state index in [2.05, 4.69) is 10.1 Å². The standard InChI is InChI=1S/C14H11N5O2/c15-13-9-18(11-5-7-16-8-6-11)17-14(13)10-1-3-12(4-2-10)19(20)21/h1-9H,15H2. The van der Waals surface area contributed by atoms with E-state index in [0.29, 0.717) is 11.4 Å². The Balaban J connectivity index is 2.00. The molecule has 3 rings (SSSR count). The van der Waals surface area contributed by atoms with E-state index in [0.717, 1.165) is 11.3 Å². The quantitative estimate of drug-likeness (QED) is 0.587. The third-order valence-corrected chi connectivity index (χ3v) is 3.02. The minimum Gasteiger partial charge on any atom is -0.396 e. The number of nitrogens with two attached hydrogens (primary N) is 1. The van der Waals surface area contributed by atoms with Crippen LogP contribution in [0.3, 0.4) is 0 Å². The first-order valence-electron chi connectivity index (χ1n) is 6.15. The van der Waals surface area contributed by atoms with E-state index in [9.17, 15) is 10.1 Å². The van der Waals surface area contributed by atoms with Crippen LogP contribution in [-0.2, 0) is 0 Å². The van der Waals surface area contributed by atoms with E-state index >= 15 is 0 Å². The van der Waals surface area contributed by atoms with Gasteiger partial charge in [0.15, 0.2) is 0 Å². The van der Waals surface area contributed by atoms with Gasteiger partial charge >= 0.3 is 0 Å². The molecular formula is C14H11N5O2. The summed E-state index contributed by atoms with van der Waals surface area (Å²) >= 11 is 0. The molecule has 7 nitrogen and oxygen atoms in total. The number of benzene rings is 1. The van der Waals surface area contributed by atoms with Gasteiger partial charge in [0.1, 0.15) is 5.69 Å². The molecule has 0 saturated carbocycles. The molecule has 0 fully saturated rings. The fourth-order valence-corrected chi connectivity index (χ4v) is 1.98. The molecule has 2 aromatic heterocycles. The maximum atomic E-state index is 10.7. The van der Waals surface area contributed by atoms with Crippen LogP contribution in [0.1, 0.15) is 0 Å². The second-order valence-corrected chi connectivity index (χ2v) is 4.39.